The summed E-state index contributed by atoms with van der Waals surface area (Å²) in [6.07, 6.45) is 6.93. The van der Waals surface area contributed by atoms with Crippen LogP contribution in [0.2, 0.25) is 0 Å². The molecule has 116 valence electrons. The first kappa shape index (κ1) is 16.1. The Morgan fingerprint density at radius 3 is 2.33 bits per heavy atom. The van der Waals surface area contributed by atoms with Crippen molar-refractivity contribution in [3.63, 3.8) is 0 Å². The van der Waals surface area contributed by atoms with Crippen LogP contribution in [0.5, 0.6) is 0 Å². The van der Waals surface area contributed by atoms with Gasteiger partial charge in [0.2, 0.25) is 0 Å². The summed E-state index contributed by atoms with van der Waals surface area (Å²) in [6, 6.07) is 10.3. The fourth-order valence-electron chi connectivity index (χ4n) is 3.41. The van der Waals surface area contributed by atoms with Crippen LogP contribution in [-0.4, -0.2) is 5.97 Å². The molecule has 2 rings (SSSR count). The fraction of sp³-hybridized carbons (Fsp3) is 0.632. The van der Waals surface area contributed by atoms with Crippen LogP contribution >= 0.6 is 0 Å². The number of benzene rings is 1. The third-order valence-electron chi connectivity index (χ3n) is 5.07. The summed E-state index contributed by atoms with van der Waals surface area (Å²) in [6.45, 7) is 6.26. The predicted molar refractivity (Wildman–Crippen MR) is 86.0 cm³/mol. The molecular formula is C19H28O2. The molecule has 1 aromatic rings. The highest BCUT2D eigenvalue weighted by atomic mass is 16.6. The lowest BCUT2D eigenvalue weighted by Crippen LogP contribution is -2.37. The number of esters is 1. The Labute approximate surface area is 128 Å². The molecule has 0 heterocycles. The molecule has 0 N–H and O–H groups in total. The van der Waals surface area contributed by atoms with Gasteiger partial charge in [-0.15, -0.1) is 0 Å². The Bertz CT molecular complexity index is 460. The van der Waals surface area contributed by atoms with Crippen LogP contribution in [0, 0.1) is 5.41 Å². The number of hydrogen-bond acceptors (Lipinski definition) is 2. The molecule has 1 aliphatic rings. The molecule has 0 saturated heterocycles. The van der Waals surface area contributed by atoms with Crippen LogP contribution in [0.15, 0.2) is 30.3 Å². The minimum Gasteiger partial charge on any atom is -0.454 e. The molecule has 21 heavy (non-hydrogen) atoms. The monoisotopic (exact) mass is 288 g/mol. The lowest BCUT2D eigenvalue weighted by molar-refractivity contribution is -0.173. The molecule has 0 aliphatic heterocycles. The molecule has 1 aliphatic carbocycles. The van der Waals surface area contributed by atoms with Crippen LogP contribution < -0.4 is 0 Å². The van der Waals surface area contributed by atoms with E-state index in [4.69, 9.17) is 4.74 Å². The van der Waals surface area contributed by atoms with E-state index in [2.05, 4.69) is 26.0 Å². The zero-order chi connectivity index (χ0) is 15.3. The van der Waals surface area contributed by atoms with Crippen LogP contribution in [0.25, 0.3) is 0 Å². The molecule has 1 atom stereocenters. The summed E-state index contributed by atoms with van der Waals surface area (Å²) in [7, 11) is 0. The summed E-state index contributed by atoms with van der Waals surface area (Å²) in [5.74, 6) is -0.0161. The smallest absolute Gasteiger partial charge is 0.312 e. The lowest BCUT2D eigenvalue weighted by Gasteiger charge is -2.35. The van der Waals surface area contributed by atoms with Gasteiger partial charge in [-0.2, -0.15) is 0 Å². The SMILES string of the molecule is CCCC(C)(CC)C(=O)OC1(c2ccccc2)CCCC1. The quantitative estimate of drug-likeness (QED) is 0.671. The zero-order valence-electron chi connectivity index (χ0n) is 13.7. The highest BCUT2D eigenvalue weighted by molar-refractivity contribution is 5.77. The van der Waals surface area contributed by atoms with Gasteiger partial charge in [0.15, 0.2) is 0 Å². The van der Waals surface area contributed by atoms with E-state index < -0.39 is 0 Å². The summed E-state index contributed by atoms with van der Waals surface area (Å²) in [5, 5.41) is 0. The minimum atomic E-state index is -0.386. The second kappa shape index (κ2) is 6.64. The fourth-order valence-corrected chi connectivity index (χ4v) is 3.41. The molecule has 2 heteroatoms. The lowest BCUT2D eigenvalue weighted by atomic mass is 9.82. The van der Waals surface area contributed by atoms with Crippen LogP contribution in [0.4, 0.5) is 0 Å². The summed E-state index contributed by atoms with van der Waals surface area (Å²) < 4.78 is 6.15. The minimum absolute atomic E-state index is 0.0161. The molecule has 0 radical (unpaired) electrons. The first-order valence-electron chi connectivity index (χ1n) is 8.35. The Morgan fingerprint density at radius 1 is 1.19 bits per heavy atom. The van der Waals surface area contributed by atoms with E-state index in [-0.39, 0.29) is 17.0 Å². The second-order valence-corrected chi connectivity index (χ2v) is 6.62. The Hall–Kier alpha value is -1.31. The van der Waals surface area contributed by atoms with Gasteiger partial charge in [-0.3, -0.25) is 4.79 Å². The van der Waals surface area contributed by atoms with Gasteiger partial charge in [-0.25, -0.2) is 0 Å². The highest BCUT2D eigenvalue weighted by Gasteiger charge is 2.43. The second-order valence-electron chi connectivity index (χ2n) is 6.62. The molecule has 0 bridgehead atoms. The van der Waals surface area contributed by atoms with Crippen molar-refractivity contribution in [3.8, 4) is 0 Å². The Balaban J connectivity index is 2.23. The number of rotatable bonds is 6. The predicted octanol–water partition coefficient (Wildman–Crippen LogP) is 5.22. The average Bonchev–Trinajstić information content (AvgIpc) is 2.98. The number of carbonyl (C=O) groups excluding carboxylic acids is 1. The van der Waals surface area contributed by atoms with E-state index in [0.29, 0.717) is 0 Å². The molecule has 1 saturated carbocycles. The molecular weight excluding hydrogens is 260 g/mol. The summed E-state index contributed by atoms with van der Waals surface area (Å²) in [5.41, 5.74) is 0.424. The Morgan fingerprint density at radius 2 is 1.81 bits per heavy atom. The molecule has 1 unspecified atom stereocenters. The first-order chi connectivity index (χ1) is 10.1. The first-order valence-corrected chi connectivity index (χ1v) is 8.35. The molecule has 0 spiro atoms. The third kappa shape index (κ3) is 3.30. The maximum Gasteiger partial charge on any atom is 0.312 e. The van der Waals surface area contributed by atoms with Crippen molar-refractivity contribution in [2.75, 3.05) is 0 Å². The number of ether oxygens (including phenoxy) is 1. The molecule has 0 aromatic heterocycles. The molecule has 0 amide bonds. The van der Waals surface area contributed by atoms with Crippen molar-refractivity contribution >= 4 is 5.97 Å². The van der Waals surface area contributed by atoms with Gasteiger partial charge in [0.1, 0.15) is 5.60 Å². The molecule has 1 aromatic carbocycles. The van der Waals surface area contributed by atoms with E-state index in [1.807, 2.05) is 25.1 Å². The van der Waals surface area contributed by atoms with E-state index >= 15 is 0 Å². The van der Waals surface area contributed by atoms with Crippen LogP contribution in [0.3, 0.4) is 0 Å². The summed E-state index contributed by atoms with van der Waals surface area (Å²) in [4.78, 5) is 12.8. The van der Waals surface area contributed by atoms with Gasteiger partial charge in [0.25, 0.3) is 0 Å². The van der Waals surface area contributed by atoms with E-state index in [0.717, 1.165) is 50.5 Å². The van der Waals surface area contributed by atoms with Gasteiger partial charge in [0.05, 0.1) is 5.41 Å². The maximum absolute atomic E-state index is 12.8. The van der Waals surface area contributed by atoms with Crippen molar-refractivity contribution in [1.82, 2.24) is 0 Å². The van der Waals surface area contributed by atoms with E-state index in [9.17, 15) is 4.79 Å². The Kier molecular flexibility index (Phi) is 5.08. The van der Waals surface area contributed by atoms with Crippen LogP contribution in [-0.2, 0) is 15.1 Å². The van der Waals surface area contributed by atoms with Gasteiger partial charge < -0.3 is 4.74 Å². The highest BCUT2D eigenvalue weighted by Crippen LogP contribution is 2.44. The molecule has 2 nitrogen and oxygen atoms in total. The van der Waals surface area contributed by atoms with E-state index in [1.54, 1.807) is 0 Å². The topological polar surface area (TPSA) is 26.3 Å². The van der Waals surface area contributed by atoms with E-state index in [1.165, 1.54) is 0 Å². The van der Waals surface area contributed by atoms with Gasteiger partial charge in [-0.05, 0) is 51.0 Å². The van der Waals surface area contributed by atoms with Crippen LogP contribution in [0.1, 0.15) is 71.3 Å². The average molecular weight is 288 g/mol. The molecule has 1 fully saturated rings. The van der Waals surface area contributed by atoms with Gasteiger partial charge in [0, 0.05) is 0 Å². The largest absolute Gasteiger partial charge is 0.454 e. The maximum atomic E-state index is 12.8. The standard InChI is InChI=1S/C19H28O2/c1-4-13-18(3,5-2)17(20)21-19(14-9-10-15-19)16-11-7-6-8-12-16/h6-8,11-12H,4-5,9-10,13-15H2,1-3H3. The van der Waals surface area contributed by atoms with Gasteiger partial charge in [-0.1, -0.05) is 50.6 Å². The number of carbonyl (C=O) groups is 1. The van der Waals surface area contributed by atoms with Crippen molar-refractivity contribution < 1.29 is 9.53 Å². The van der Waals surface area contributed by atoms with Crippen molar-refractivity contribution in [2.24, 2.45) is 5.41 Å². The van der Waals surface area contributed by atoms with Crippen molar-refractivity contribution in [2.45, 2.75) is 71.3 Å². The summed E-state index contributed by atoms with van der Waals surface area (Å²) >= 11 is 0. The normalized spacial score (nSPS) is 20.0. The van der Waals surface area contributed by atoms with Crippen molar-refractivity contribution in [3.05, 3.63) is 35.9 Å². The van der Waals surface area contributed by atoms with Gasteiger partial charge >= 0.3 is 5.97 Å². The number of hydrogen-bond donors (Lipinski definition) is 0. The zero-order valence-corrected chi connectivity index (χ0v) is 13.7. The third-order valence-corrected chi connectivity index (χ3v) is 5.07. The van der Waals surface area contributed by atoms with Crippen molar-refractivity contribution in [1.29, 1.82) is 0 Å².